The highest BCUT2D eigenvalue weighted by molar-refractivity contribution is 4.89. The molecule has 96 valence electrons. The van der Waals surface area contributed by atoms with Gasteiger partial charge >= 0.3 is 12.3 Å². The minimum Gasteiger partial charge on any atom is -0.316 e. The Morgan fingerprint density at radius 3 is 2.56 bits per heavy atom. The molecule has 1 atom stereocenters. The highest BCUT2D eigenvalue weighted by Gasteiger charge is 2.41. The van der Waals surface area contributed by atoms with Gasteiger partial charge in [0, 0.05) is 13.1 Å². The maximum Gasteiger partial charge on any atom is 0.319 e. The Hall–Kier alpha value is -0.360. The molecule has 0 aromatic rings. The van der Waals surface area contributed by atoms with Gasteiger partial charge in [-0.3, -0.25) is 0 Å². The second kappa shape index (κ2) is 5.31. The van der Waals surface area contributed by atoms with Gasteiger partial charge < -0.3 is 10.6 Å². The van der Waals surface area contributed by atoms with E-state index < -0.39 is 18.9 Å². The van der Waals surface area contributed by atoms with Crippen LogP contribution in [0.4, 0.5) is 17.6 Å². The smallest absolute Gasteiger partial charge is 0.316 e. The molecule has 1 heterocycles. The molecule has 0 aromatic carbocycles. The van der Waals surface area contributed by atoms with Crippen LogP contribution in [0, 0.1) is 5.41 Å². The maximum absolute atomic E-state index is 12.6. The topological polar surface area (TPSA) is 24.1 Å². The third-order valence-corrected chi connectivity index (χ3v) is 3.26. The molecule has 0 spiro atoms. The zero-order valence-corrected chi connectivity index (χ0v) is 9.33. The normalized spacial score (nSPS) is 26.6. The van der Waals surface area contributed by atoms with Crippen molar-refractivity contribution in [1.82, 2.24) is 10.6 Å². The highest BCUT2D eigenvalue weighted by Crippen LogP contribution is 2.29. The third kappa shape index (κ3) is 3.31. The van der Waals surface area contributed by atoms with Crippen LogP contribution < -0.4 is 10.6 Å². The van der Waals surface area contributed by atoms with Crippen molar-refractivity contribution in [2.24, 2.45) is 5.41 Å². The fourth-order valence-corrected chi connectivity index (χ4v) is 1.94. The van der Waals surface area contributed by atoms with Gasteiger partial charge in [-0.05, 0) is 24.8 Å². The first-order valence-electron chi connectivity index (χ1n) is 5.49. The lowest BCUT2D eigenvalue weighted by Crippen LogP contribution is -2.44. The summed E-state index contributed by atoms with van der Waals surface area (Å²) in [6, 6.07) is 0. The second-order valence-corrected chi connectivity index (χ2v) is 4.45. The van der Waals surface area contributed by atoms with Crippen molar-refractivity contribution in [2.75, 3.05) is 26.2 Å². The summed E-state index contributed by atoms with van der Waals surface area (Å²) in [5.74, 6) is -3.93. The molecule has 0 saturated carbocycles. The maximum atomic E-state index is 12.6. The summed E-state index contributed by atoms with van der Waals surface area (Å²) >= 11 is 0. The molecule has 1 saturated heterocycles. The molecule has 1 rings (SSSR count). The van der Waals surface area contributed by atoms with Crippen molar-refractivity contribution < 1.29 is 17.6 Å². The molecule has 6 heteroatoms. The van der Waals surface area contributed by atoms with Crippen LogP contribution in [0.3, 0.4) is 0 Å². The van der Waals surface area contributed by atoms with Crippen molar-refractivity contribution in [3.63, 3.8) is 0 Å². The van der Waals surface area contributed by atoms with Gasteiger partial charge in [0.1, 0.15) is 0 Å². The highest BCUT2D eigenvalue weighted by atomic mass is 19.3. The molecule has 1 aliphatic heterocycles. The van der Waals surface area contributed by atoms with Crippen LogP contribution >= 0.6 is 0 Å². The van der Waals surface area contributed by atoms with Gasteiger partial charge in [0.25, 0.3) is 0 Å². The monoisotopic (exact) mass is 242 g/mol. The standard InChI is InChI=1S/C10H18F4N2/c1-2-9(3-4-15-5-9)6-16-7-10(13,14)8(11)12/h8,15-16H,2-7H2,1H3. The number of hydrogen-bond donors (Lipinski definition) is 2. The van der Waals surface area contributed by atoms with Crippen molar-refractivity contribution in [1.29, 1.82) is 0 Å². The number of rotatable bonds is 6. The summed E-state index contributed by atoms with van der Waals surface area (Å²) in [5.41, 5.74) is -0.0573. The Balaban J connectivity index is 2.34. The molecule has 2 N–H and O–H groups in total. The zero-order chi connectivity index (χ0) is 12.2. The van der Waals surface area contributed by atoms with Crippen molar-refractivity contribution in [3.05, 3.63) is 0 Å². The quantitative estimate of drug-likeness (QED) is 0.695. The molecule has 2 nitrogen and oxygen atoms in total. The first kappa shape index (κ1) is 13.7. The summed E-state index contributed by atoms with van der Waals surface area (Å²) in [7, 11) is 0. The molecular formula is C10H18F4N2. The van der Waals surface area contributed by atoms with Crippen molar-refractivity contribution in [2.45, 2.75) is 32.1 Å². The Morgan fingerprint density at radius 1 is 1.44 bits per heavy atom. The number of halogens is 4. The van der Waals surface area contributed by atoms with E-state index in [0.29, 0.717) is 6.54 Å². The SMILES string of the molecule is CCC1(CNCC(F)(F)C(F)F)CCNC1. The van der Waals surface area contributed by atoms with E-state index in [0.717, 1.165) is 25.9 Å². The molecule has 0 aromatic heterocycles. The predicted octanol–water partition coefficient (Wildman–Crippen LogP) is 1.87. The fourth-order valence-electron chi connectivity index (χ4n) is 1.94. The molecule has 1 fully saturated rings. The summed E-state index contributed by atoms with van der Waals surface area (Å²) in [6.45, 7) is 3.02. The van der Waals surface area contributed by atoms with Gasteiger partial charge in [-0.1, -0.05) is 6.92 Å². The largest absolute Gasteiger partial charge is 0.319 e. The Morgan fingerprint density at radius 2 is 2.12 bits per heavy atom. The van der Waals surface area contributed by atoms with Gasteiger partial charge in [0.05, 0.1) is 6.54 Å². The van der Waals surface area contributed by atoms with E-state index >= 15 is 0 Å². The molecule has 0 bridgehead atoms. The minimum absolute atomic E-state index is 0.0573. The van der Waals surface area contributed by atoms with Crippen LogP contribution in [0.15, 0.2) is 0 Å². The van der Waals surface area contributed by atoms with Crippen LogP contribution in [-0.4, -0.2) is 38.5 Å². The molecule has 16 heavy (non-hydrogen) atoms. The summed E-state index contributed by atoms with van der Waals surface area (Å²) in [4.78, 5) is 0. The molecular weight excluding hydrogens is 224 g/mol. The Labute approximate surface area is 92.8 Å². The fraction of sp³-hybridized carbons (Fsp3) is 1.00. The van der Waals surface area contributed by atoms with E-state index in [-0.39, 0.29) is 5.41 Å². The van der Waals surface area contributed by atoms with E-state index in [9.17, 15) is 17.6 Å². The first-order valence-corrected chi connectivity index (χ1v) is 5.49. The average molecular weight is 242 g/mol. The third-order valence-electron chi connectivity index (χ3n) is 3.26. The Bertz CT molecular complexity index is 215. The molecule has 0 radical (unpaired) electrons. The lowest BCUT2D eigenvalue weighted by atomic mass is 9.84. The number of alkyl halides is 4. The van der Waals surface area contributed by atoms with Crippen LogP contribution in [0.5, 0.6) is 0 Å². The summed E-state index contributed by atoms with van der Waals surface area (Å²) in [6.07, 6.45) is -1.84. The van der Waals surface area contributed by atoms with E-state index in [1.807, 2.05) is 6.92 Å². The minimum atomic E-state index is -3.93. The lowest BCUT2D eigenvalue weighted by Gasteiger charge is -2.28. The molecule has 1 unspecified atom stereocenters. The van der Waals surface area contributed by atoms with Gasteiger partial charge in [0.15, 0.2) is 0 Å². The summed E-state index contributed by atoms with van der Waals surface area (Å²) < 4.78 is 49.0. The van der Waals surface area contributed by atoms with Gasteiger partial charge in [-0.15, -0.1) is 0 Å². The van der Waals surface area contributed by atoms with Crippen LogP contribution in [-0.2, 0) is 0 Å². The van der Waals surface area contributed by atoms with E-state index in [1.54, 1.807) is 0 Å². The number of nitrogens with one attached hydrogen (secondary N) is 2. The average Bonchev–Trinajstić information content (AvgIpc) is 2.67. The van der Waals surface area contributed by atoms with Crippen LogP contribution in [0.25, 0.3) is 0 Å². The van der Waals surface area contributed by atoms with Crippen molar-refractivity contribution in [3.8, 4) is 0 Å². The van der Waals surface area contributed by atoms with E-state index in [2.05, 4.69) is 10.6 Å². The van der Waals surface area contributed by atoms with E-state index in [1.165, 1.54) is 0 Å². The summed E-state index contributed by atoms with van der Waals surface area (Å²) in [5, 5.41) is 5.63. The number of hydrogen-bond acceptors (Lipinski definition) is 2. The Kier molecular flexibility index (Phi) is 4.55. The van der Waals surface area contributed by atoms with Crippen molar-refractivity contribution >= 4 is 0 Å². The van der Waals surface area contributed by atoms with Gasteiger partial charge in [-0.25, -0.2) is 8.78 Å². The molecule has 0 aliphatic carbocycles. The van der Waals surface area contributed by atoms with Gasteiger partial charge in [-0.2, -0.15) is 8.78 Å². The zero-order valence-electron chi connectivity index (χ0n) is 9.33. The second-order valence-electron chi connectivity index (χ2n) is 4.45. The molecule has 1 aliphatic rings. The lowest BCUT2D eigenvalue weighted by molar-refractivity contribution is -0.125. The first-order chi connectivity index (χ1) is 7.42. The van der Waals surface area contributed by atoms with Gasteiger partial charge in [0.2, 0.25) is 0 Å². The van der Waals surface area contributed by atoms with Crippen LogP contribution in [0.2, 0.25) is 0 Å². The predicted molar refractivity (Wildman–Crippen MR) is 54.0 cm³/mol. The molecule has 0 amide bonds. The van der Waals surface area contributed by atoms with E-state index in [4.69, 9.17) is 0 Å². The van der Waals surface area contributed by atoms with Crippen LogP contribution in [0.1, 0.15) is 19.8 Å².